The molecular formula is C28H30N2O3. The van der Waals surface area contributed by atoms with Crippen molar-refractivity contribution in [2.24, 2.45) is 0 Å². The van der Waals surface area contributed by atoms with Crippen molar-refractivity contribution in [1.29, 1.82) is 0 Å². The molecule has 0 N–H and O–H groups in total. The molecule has 0 saturated heterocycles. The molecule has 0 aliphatic carbocycles. The third kappa shape index (κ3) is 5.20. The van der Waals surface area contributed by atoms with E-state index in [-0.39, 0.29) is 12.5 Å². The van der Waals surface area contributed by atoms with Gasteiger partial charge in [0.15, 0.2) is 6.61 Å². The Hall–Kier alpha value is -3.31. The highest BCUT2D eigenvalue weighted by atomic mass is 16.5. The van der Waals surface area contributed by atoms with Crippen LogP contribution in [0.1, 0.15) is 27.8 Å². The van der Waals surface area contributed by atoms with Crippen molar-refractivity contribution in [2.45, 2.75) is 33.0 Å². The highest BCUT2D eigenvalue weighted by Crippen LogP contribution is 2.27. The topological polar surface area (TPSA) is 42.0 Å². The van der Waals surface area contributed by atoms with Crippen molar-refractivity contribution in [3.63, 3.8) is 0 Å². The lowest BCUT2D eigenvalue weighted by Gasteiger charge is -2.29. The third-order valence-corrected chi connectivity index (χ3v) is 6.46. The van der Waals surface area contributed by atoms with Gasteiger partial charge < -0.3 is 14.4 Å². The van der Waals surface area contributed by atoms with Crippen LogP contribution in [0.2, 0.25) is 0 Å². The average Bonchev–Trinajstić information content (AvgIpc) is 3.06. The summed E-state index contributed by atoms with van der Waals surface area (Å²) in [6.07, 6.45) is 1.09. The van der Waals surface area contributed by atoms with Crippen LogP contribution in [0.4, 0.5) is 0 Å². The molecule has 0 unspecified atom stereocenters. The lowest BCUT2D eigenvalue weighted by atomic mass is 9.99. The summed E-state index contributed by atoms with van der Waals surface area (Å²) in [4.78, 5) is 17.2. The summed E-state index contributed by atoms with van der Waals surface area (Å²) >= 11 is 0. The van der Waals surface area contributed by atoms with E-state index in [1.54, 1.807) is 0 Å². The Labute approximate surface area is 195 Å². The zero-order valence-corrected chi connectivity index (χ0v) is 19.1. The Balaban J connectivity index is 1.23. The summed E-state index contributed by atoms with van der Waals surface area (Å²) in [5.41, 5.74) is 6.37. The molecule has 33 heavy (non-hydrogen) atoms. The van der Waals surface area contributed by atoms with Crippen molar-refractivity contribution in [1.82, 2.24) is 9.80 Å². The van der Waals surface area contributed by atoms with E-state index in [2.05, 4.69) is 47.4 Å². The maximum absolute atomic E-state index is 12.9. The molecule has 0 bridgehead atoms. The van der Waals surface area contributed by atoms with Crippen LogP contribution in [-0.4, -0.2) is 42.0 Å². The molecule has 0 fully saturated rings. The fourth-order valence-electron chi connectivity index (χ4n) is 4.58. The molecule has 0 atom stereocenters. The van der Waals surface area contributed by atoms with Gasteiger partial charge in [-0.3, -0.25) is 9.69 Å². The molecule has 5 rings (SSSR count). The van der Waals surface area contributed by atoms with Gasteiger partial charge >= 0.3 is 0 Å². The molecule has 170 valence electrons. The molecule has 1 amide bonds. The van der Waals surface area contributed by atoms with E-state index < -0.39 is 0 Å². The van der Waals surface area contributed by atoms with Crippen LogP contribution in [0.5, 0.6) is 11.5 Å². The molecule has 0 spiro atoms. The highest BCUT2D eigenvalue weighted by molar-refractivity contribution is 5.78. The summed E-state index contributed by atoms with van der Waals surface area (Å²) in [7, 11) is 0. The van der Waals surface area contributed by atoms with Gasteiger partial charge in [0.05, 0.1) is 6.54 Å². The second-order valence-corrected chi connectivity index (χ2v) is 8.94. The molecule has 3 aromatic rings. The van der Waals surface area contributed by atoms with Crippen molar-refractivity contribution in [3.05, 3.63) is 94.5 Å². The van der Waals surface area contributed by atoms with Crippen LogP contribution >= 0.6 is 0 Å². The van der Waals surface area contributed by atoms with E-state index in [1.807, 2.05) is 36.1 Å². The standard InChI is InChI=1S/C28H30N2O3/c1-21-6-9-26(10-7-21)33-20-28(31)30-14-15-32-27-11-8-22(16-25(27)19-30)17-29-13-12-23-4-2-3-5-24(23)18-29/h2-11,16H,12-15,17-20H2,1H3. The van der Waals surface area contributed by atoms with Crippen LogP contribution in [0.15, 0.2) is 66.7 Å². The number of rotatable bonds is 5. The number of amides is 1. The minimum absolute atomic E-state index is 0.0231. The number of nitrogens with zero attached hydrogens (tertiary/aromatic N) is 2. The Morgan fingerprint density at radius 2 is 1.76 bits per heavy atom. The first-order valence-electron chi connectivity index (χ1n) is 11.6. The predicted octanol–water partition coefficient (Wildman–Crippen LogP) is 4.35. The van der Waals surface area contributed by atoms with Gasteiger partial charge in [-0.15, -0.1) is 0 Å². The van der Waals surface area contributed by atoms with Gasteiger partial charge in [0.25, 0.3) is 5.91 Å². The fourth-order valence-corrected chi connectivity index (χ4v) is 4.58. The summed E-state index contributed by atoms with van der Waals surface area (Å²) in [6.45, 7) is 6.59. The van der Waals surface area contributed by atoms with E-state index in [4.69, 9.17) is 9.47 Å². The Morgan fingerprint density at radius 3 is 2.61 bits per heavy atom. The second kappa shape index (κ2) is 9.67. The molecule has 0 saturated carbocycles. The summed E-state index contributed by atoms with van der Waals surface area (Å²) in [5.74, 6) is 1.56. The number of benzene rings is 3. The highest BCUT2D eigenvalue weighted by Gasteiger charge is 2.22. The van der Waals surface area contributed by atoms with Crippen molar-refractivity contribution < 1.29 is 14.3 Å². The van der Waals surface area contributed by atoms with Crippen molar-refractivity contribution in [2.75, 3.05) is 26.3 Å². The summed E-state index contributed by atoms with van der Waals surface area (Å²) < 4.78 is 11.7. The van der Waals surface area contributed by atoms with Gasteiger partial charge in [-0.25, -0.2) is 0 Å². The fraction of sp³-hybridized carbons (Fsp3) is 0.321. The van der Waals surface area contributed by atoms with E-state index in [0.717, 1.165) is 37.4 Å². The second-order valence-electron chi connectivity index (χ2n) is 8.94. The summed E-state index contributed by atoms with van der Waals surface area (Å²) in [6, 6.07) is 22.9. The number of hydrogen-bond donors (Lipinski definition) is 0. The minimum atomic E-state index is -0.0231. The molecular weight excluding hydrogens is 412 g/mol. The van der Waals surface area contributed by atoms with Gasteiger partial charge in [-0.2, -0.15) is 0 Å². The molecule has 5 nitrogen and oxygen atoms in total. The van der Waals surface area contributed by atoms with Gasteiger partial charge in [0.1, 0.15) is 18.1 Å². The lowest BCUT2D eigenvalue weighted by molar-refractivity contribution is -0.134. The number of carbonyl (C=O) groups is 1. The zero-order chi connectivity index (χ0) is 22.6. The smallest absolute Gasteiger partial charge is 0.260 e. The maximum Gasteiger partial charge on any atom is 0.260 e. The van der Waals surface area contributed by atoms with Crippen LogP contribution in [-0.2, 0) is 30.8 Å². The molecule has 3 aromatic carbocycles. The van der Waals surface area contributed by atoms with Crippen LogP contribution in [0.3, 0.4) is 0 Å². The van der Waals surface area contributed by atoms with Crippen LogP contribution in [0, 0.1) is 6.92 Å². The number of ether oxygens (including phenoxy) is 2. The molecule has 2 aliphatic heterocycles. The Bertz CT molecular complexity index is 1130. The minimum Gasteiger partial charge on any atom is -0.491 e. The normalized spacial score (nSPS) is 15.7. The first-order chi connectivity index (χ1) is 16.1. The van der Waals surface area contributed by atoms with Crippen molar-refractivity contribution >= 4 is 5.91 Å². The van der Waals surface area contributed by atoms with E-state index in [9.17, 15) is 4.79 Å². The zero-order valence-electron chi connectivity index (χ0n) is 19.1. The summed E-state index contributed by atoms with van der Waals surface area (Å²) in [5, 5.41) is 0. The van der Waals surface area contributed by atoms with Gasteiger partial charge in [-0.1, -0.05) is 48.0 Å². The SMILES string of the molecule is Cc1ccc(OCC(=O)N2CCOc3ccc(CN4CCc5ccccc5C4)cc3C2)cc1. The van der Waals surface area contributed by atoms with E-state index >= 15 is 0 Å². The lowest BCUT2D eigenvalue weighted by Crippen LogP contribution is -2.36. The monoisotopic (exact) mass is 442 g/mol. The largest absolute Gasteiger partial charge is 0.491 e. The Morgan fingerprint density at radius 1 is 0.939 bits per heavy atom. The van der Waals surface area contributed by atoms with Gasteiger partial charge in [0.2, 0.25) is 0 Å². The van der Waals surface area contributed by atoms with Gasteiger partial charge in [0, 0.05) is 31.7 Å². The first kappa shape index (κ1) is 21.5. The number of fused-ring (bicyclic) bond motifs is 2. The predicted molar refractivity (Wildman–Crippen MR) is 128 cm³/mol. The van der Waals surface area contributed by atoms with E-state index in [0.29, 0.717) is 25.4 Å². The number of hydrogen-bond acceptors (Lipinski definition) is 4. The van der Waals surface area contributed by atoms with E-state index in [1.165, 1.54) is 22.3 Å². The average molecular weight is 443 g/mol. The molecule has 2 heterocycles. The van der Waals surface area contributed by atoms with Gasteiger partial charge in [-0.05, 0) is 54.3 Å². The molecule has 2 aliphatic rings. The first-order valence-corrected chi connectivity index (χ1v) is 11.6. The molecule has 0 aromatic heterocycles. The van der Waals surface area contributed by atoms with Crippen LogP contribution < -0.4 is 9.47 Å². The van der Waals surface area contributed by atoms with Crippen molar-refractivity contribution in [3.8, 4) is 11.5 Å². The quantitative estimate of drug-likeness (QED) is 0.589. The number of aryl methyl sites for hydroxylation is 1. The molecule has 0 radical (unpaired) electrons. The number of carbonyl (C=O) groups excluding carboxylic acids is 1. The molecule has 5 heteroatoms. The third-order valence-electron chi connectivity index (χ3n) is 6.46. The maximum atomic E-state index is 12.9. The Kier molecular flexibility index (Phi) is 6.31. The van der Waals surface area contributed by atoms with Crippen LogP contribution in [0.25, 0.3) is 0 Å².